The molecule has 0 unspecified atom stereocenters. The number of ether oxygens (including phenoxy) is 4. The first-order valence-corrected chi connectivity index (χ1v) is 9.25. The van der Waals surface area contributed by atoms with Gasteiger partial charge in [0.25, 0.3) is 5.91 Å². The van der Waals surface area contributed by atoms with Gasteiger partial charge in [-0.05, 0) is 49.9 Å². The highest BCUT2D eigenvalue weighted by Crippen LogP contribution is 2.23. The van der Waals surface area contributed by atoms with Crippen LogP contribution in [0.3, 0.4) is 0 Å². The monoisotopic (exact) mass is 387 g/mol. The fourth-order valence-corrected chi connectivity index (χ4v) is 3.07. The highest BCUT2D eigenvalue weighted by Gasteiger charge is 2.24. The smallest absolute Gasteiger partial charge is 0.258 e. The van der Waals surface area contributed by atoms with Gasteiger partial charge in [-0.25, -0.2) is 0 Å². The molecule has 8 nitrogen and oxygen atoms in total. The number of benzene rings is 1. The molecule has 1 N–H and O–H groups in total. The fourth-order valence-electron chi connectivity index (χ4n) is 3.07. The van der Waals surface area contributed by atoms with Crippen molar-refractivity contribution in [3.05, 3.63) is 36.7 Å². The second-order valence-corrected chi connectivity index (χ2v) is 6.52. The Morgan fingerprint density at radius 3 is 2.36 bits per heavy atom. The van der Waals surface area contributed by atoms with Crippen LogP contribution in [0.15, 0.2) is 36.7 Å². The van der Waals surface area contributed by atoms with Crippen molar-refractivity contribution in [1.82, 2.24) is 15.3 Å². The molecule has 0 atom stereocenters. The summed E-state index contributed by atoms with van der Waals surface area (Å²) in [5.74, 6) is 2.14. The normalized spacial score (nSPS) is 18.8. The first kappa shape index (κ1) is 19.7. The van der Waals surface area contributed by atoms with Gasteiger partial charge in [0.1, 0.15) is 17.6 Å². The van der Waals surface area contributed by atoms with Crippen LogP contribution in [-0.4, -0.2) is 48.8 Å². The molecule has 0 spiro atoms. The highest BCUT2D eigenvalue weighted by molar-refractivity contribution is 5.77. The van der Waals surface area contributed by atoms with Gasteiger partial charge in [0.05, 0.1) is 26.6 Å². The molecular weight excluding hydrogens is 362 g/mol. The molecule has 1 aliphatic carbocycles. The molecule has 8 heteroatoms. The average molecular weight is 387 g/mol. The van der Waals surface area contributed by atoms with E-state index in [1.165, 1.54) is 6.20 Å². The first-order chi connectivity index (χ1) is 13.7. The van der Waals surface area contributed by atoms with Crippen LogP contribution in [0.2, 0.25) is 0 Å². The quantitative estimate of drug-likeness (QED) is 0.743. The summed E-state index contributed by atoms with van der Waals surface area (Å²) in [6.45, 7) is -0.0117. The van der Waals surface area contributed by atoms with Gasteiger partial charge < -0.3 is 24.3 Å². The third-order valence-corrected chi connectivity index (χ3v) is 4.56. The van der Waals surface area contributed by atoms with E-state index in [-0.39, 0.29) is 24.7 Å². The second kappa shape index (κ2) is 9.77. The summed E-state index contributed by atoms with van der Waals surface area (Å²) < 4.78 is 21.5. The van der Waals surface area contributed by atoms with Crippen molar-refractivity contribution < 1.29 is 23.7 Å². The van der Waals surface area contributed by atoms with Crippen LogP contribution in [0.25, 0.3) is 0 Å². The summed E-state index contributed by atoms with van der Waals surface area (Å²) in [5, 5.41) is 3.02. The lowest BCUT2D eigenvalue weighted by atomic mass is 9.93. The van der Waals surface area contributed by atoms with Gasteiger partial charge in [0.2, 0.25) is 11.8 Å². The van der Waals surface area contributed by atoms with E-state index in [1.54, 1.807) is 44.7 Å². The standard InChI is InChI=1S/C20H25N3O5/c1-25-15-7-9-16(10-8-15)27-13-18(24)22-14-3-5-17(6-4-14)28-20-12-21-11-19(23-20)26-2/h7-12,14,17H,3-6,13H2,1-2H3,(H,22,24). The molecule has 0 saturated heterocycles. The van der Waals surface area contributed by atoms with Crippen molar-refractivity contribution >= 4 is 5.91 Å². The molecule has 2 aromatic rings. The van der Waals surface area contributed by atoms with E-state index in [0.717, 1.165) is 31.4 Å². The molecule has 1 aromatic heterocycles. The minimum Gasteiger partial charge on any atom is -0.497 e. The van der Waals surface area contributed by atoms with Crippen LogP contribution in [0.5, 0.6) is 23.3 Å². The molecule has 28 heavy (non-hydrogen) atoms. The zero-order valence-electron chi connectivity index (χ0n) is 16.1. The second-order valence-electron chi connectivity index (χ2n) is 6.52. The van der Waals surface area contributed by atoms with Crippen molar-refractivity contribution in [2.24, 2.45) is 0 Å². The number of aromatic nitrogens is 2. The Morgan fingerprint density at radius 2 is 1.68 bits per heavy atom. The molecule has 1 heterocycles. The van der Waals surface area contributed by atoms with E-state index >= 15 is 0 Å². The molecule has 0 radical (unpaired) electrons. The van der Waals surface area contributed by atoms with Crippen LogP contribution in [0.4, 0.5) is 0 Å². The third kappa shape index (κ3) is 5.73. The van der Waals surface area contributed by atoms with Crippen LogP contribution in [-0.2, 0) is 4.79 Å². The first-order valence-electron chi connectivity index (χ1n) is 9.25. The zero-order valence-corrected chi connectivity index (χ0v) is 16.1. The molecule has 1 aromatic carbocycles. The number of hydrogen-bond donors (Lipinski definition) is 1. The zero-order chi connectivity index (χ0) is 19.8. The van der Waals surface area contributed by atoms with Crippen molar-refractivity contribution in [3.8, 4) is 23.3 Å². The van der Waals surface area contributed by atoms with Crippen LogP contribution in [0, 0.1) is 0 Å². The predicted octanol–water partition coefficient (Wildman–Crippen LogP) is 2.38. The molecule has 1 amide bonds. The van der Waals surface area contributed by atoms with Crippen LogP contribution in [0.1, 0.15) is 25.7 Å². The van der Waals surface area contributed by atoms with E-state index in [4.69, 9.17) is 18.9 Å². The van der Waals surface area contributed by atoms with E-state index < -0.39 is 0 Å². The van der Waals surface area contributed by atoms with Crippen molar-refractivity contribution in [3.63, 3.8) is 0 Å². The molecule has 3 rings (SSSR count). The molecule has 0 aliphatic heterocycles. The van der Waals surface area contributed by atoms with Gasteiger partial charge >= 0.3 is 0 Å². The Hall–Kier alpha value is -3.03. The Kier molecular flexibility index (Phi) is 6.89. The summed E-state index contributed by atoms with van der Waals surface area (Å²) in [5.41, 5.74) is 0. The van der Waals surface area contributed by atoms with Crippen LogP contribution < -0.4 is 24.3 Å². The maximum atomic E-state index is 12.1. The van der Waals surface area contributed by atoms with Gasteiger partial charge in [-0.15, -0.1) is 0 Å². The number of methoxy groups -OCH3 is 2. The number of rotatable bonds is 8. The van der Waals surface area contributed by atoms with E-state index in [2.05, 4.69) is 15.3 Å². The maximum Gasteiger partial charge on any atom is 0.258 e. The van der Waals surface area contributed by atoms with Gasteiger partial charge in [-0.2, -0.15) is 4.98 Å². The van der Waals surface area contributed by atoms with Gasteiger partial charge in [-0.1, -0.05) is 0 Å². The molecule has 1 aliphatic rings. The Bertz CT molecular complexity index is 761. The summed E-state index contributed by atoms with van der Waals surface area (Å²) in [6, 6.07) is 7.26. The lowest BCUT2D eigenvalue weighted by Crippen LogP contribution is -2.41. The van der Waals surface area contributed by atoms with Gasteiger partial charge in [0, 0.05) is 6.04 Å². The third-order valence-electron chi connectivity index (χ3n) is 4.56. The van der Waals surface area contributed by atoms with Crippen molar-refractivity contribution in [2.45, 2.75) is 37.8 Å². The minimum atomic E-state index is -0.126. The number of nitrogens with zero attached hydrogens (tertiary/aromatic N) is 2. The molecule has 1 saturated carbocycles. The number of amides is 1. The van der Waals surface area contributed by atoms with E-state index in [1.807, 2.05) is 0 Å². The fraction of sp³-hybridized carbons (Fsp3) is 0.450. The lowest BCUT2D eigenvalue weighted by molar-refractivity contribution is -0.124. The van der Waals surface area contributed by atoms with Gasteiger partial charge in [-0.3, -0.25) is 9.78 Å². The number of carbonyl (C=O) groups is 1. The summed E-state index contributed by atoms with van der Waals surface area (Å²) in [6.07, 6.45) is 6.53. The predicted molar refractivity (Wildman–Crippen MR) is 102 cm³/mol. The number of hydrogen-bond acceptors (Lipinski definition) is 7. The molecule has 0 bridgehead atoms. The lowest BCUT2D eigenvalue weighted by Gasteiger charge is -2.29. The molecule has 150 valence electrons. The summed E-state index contributed by atoms with van der Waals surface area (Å²) >= 11 is 0. The largest absolute Gasteiger partial charge is 0.497 e. The Balaban J connectivity index is 1.37. The maximum absolute atomic E-state index is 12.1. The highest BCUT2D eigenvalue weighted by atomic mass is 16.5. The molecular formula is C20H25N3O5. The van der Waals surface area contributed by atoms with Gasteiger partial charge in [0.15, 0.2) is 6.61 Å². The number of carbonyl (C=O) groups excluding carboxylic acids is 1. The summed E-state index contributed by atoms with van der Waals surface area (Å²) in [4.78, 5) is 20.4. The molecule has 1 fully saturated rings. The SMILES string of the molecule is COc1ccc(OCC(=O)NC2CCC(Oc3cncc(OC)n3)CC2)cc1. The van der Waals surface area contributed by atoms with E-state index in [9.17, 15) is 4.79 Å². The van der Waals surface area contributed by atoms with Crippen molar-refractivity contribution in [2.75, 3.05) is 20.8 Å². The summed E-state index contributed by atoms with van der Waals surface area (Å²) in [7, 11) is 3.15. The Morgan fingerprint density at radius 1 is 1.00 bits per heavy atom. The van der Waals surface area contributed by atoms with Crippen molar-refractivity contribution in [1.29, 1.82) is 0 Å². The average Bonchev–Trinajstić information content (AvgIpc) is 2.74. The Labute approximate surface area is 164 Å². The topological polar surface area (TPSA) is 91.8 Å². The van der Waals surface area contributed by atoms with E-state index in [0.29, 0.717) is 17.5 Å². The van der Waals surface area contributed by atoms with Crippen LogP contribution >= 0.6 is 0 Å². The number of nitrogens with one attached hydrogen (secondary N) is 1. The minimum absolute atomic E-state index is 0.0117.